The molecule has 0 saturated carbocycles. The Balaban J connectivity index is 3.17. The van der Waals surface area contributed by atoms with Gasteiger partial charge in [-0.05, 0) is 24.6 Å². The van der Waals surface area contributed by atoms with Crippen molar-refractivity contribution in [1.29, 1.82) is 0 Å². The average Bonchev–Trinajstić information content (AvgIpc) is 2.38. The Morgan fingerprint density at radius 3 is 2.50 bits per heavy atom. The molecule has 20 heavy (non-hydrogen) atoms. The van der Waals surface area contributed by atoms with Crippen LogP contribution in [0.25, 0.3) is 0 Å². The maximum absolute atomic E-state index is 12.0. The topological polar surface area (TPSA) is 94.9 Å². The molecule has 1 rings (SSSR count). The molecule has 0 aliphatic rings. The van der Waals surface area contributed by atoms with Crippen molar-refractivity contribution in [3.63, 3.8) is 0 Å². The van der Waals surface area contributed by atoms with Crippen molar-refractivity contribution in [3.8, 4) is 0 Å². The van der Waals surface area contributed by atoms with E-state index in [4.69, 9.17) is 5.11 Å². The standard InChI is InChI=1S/C12H17NO5S2/c1-13(2)20(17,18)9-4-5-11(19-7-3-6-14)10(8-9)12(15)16/h4-5,8,14H,3,6-7H2,1-2H3,(H,15,16). The lowest BCUT2D eigenvalue weighted by molar-refractivity contribution is 0.0693. The van der Waals surface area contributed by atoms with Crippen LogP contribution in [0.2, 0.25) is 0 Å². The highest BCUT2D eigenvalue weighted by Crippen LogP contribution is 2.27. The van der Waals surface area contributed by atoms with Gasteiger partial charge in [-0.1, -0.05) is 0 Å². The number of aliphatic hydroxyl groups is 1. The molecule has 1 aromatic rings. The summed E-state index contributed by atoms with van der Waals surface area (Å²) in [4.78, 5) is 11.7. The van der Waals surface area contributed by atoms with Gasteiger partial charge in [0, 0.05) is 31.4 Å². The highest BCUT2D eigenvalue weighted by Gasteiger charge is 2.20. The maximum Gasteiger partial charge on any atom is 0.336 e. The maximum atomic E-state index is 12.0. The SMILES string of the molecule is CN(C)S(=O)(=O)c1ccc(SCCCO)c(C(=O)O)c1. The molecule has 0 spiro atoms. The highest BCUT2D eigenvalue weighted by molar-refractivity contribution is 7.99. The van der Waals surface area contributed by atoms with Crippen molar-refractivity contribution in [2.45, 2.75) is 16.2 Å². The van der Waals surface area contributed by atoms with Crippen LogP contribution in [0.15, 0.2) is 28.0 Å². The molecule has 0 saturated heterocycles. The van der Waals surface area contributed by atoms with Crippen LogP contribution in [0, 0.1) is 0 Å². The van der Waals surface area contributed by atoms with E-state index in [1.807, 2.05) is 0 Å². The number of carbonyl (C=O) groups is 1. The van der Waals surface area contributed by atoms with Gasteiger partial charge >= 0.3 is 5.97 Å². The average molecular weight is 319 g/mol. The quantitative estimate of drug-likeness (QED) is 0.577. The molecule has 2 N–H and O–H groups in total. The van der Waals surface area contributed by atoms with Gasteiger partial charge in [0.2, 0.25) is 10.0 Å². The first kappa shape index (κ1) is 17.0. The molecule has 6 nitrogen and oxygen atoms in total. The van der Waals surface area contributed by atoms with Crippen LogP contribution in [-0.2, 0) is 10.0 Å². The van der Waals surface area contributed by atoms with Crippen molar-refractivity contribution < 1.29 is 23.4 Å². The number of sulfonamides is 1. The Morgan fingerprint density at radius 1 is 1.35 bits per heavy atom. The second-order valence-corrected chi connectivity index (χ2v) is 7.46. The number of carboxylic acids is 1. The Kier molecular flexibility index (Phi) is 6.00. The second-order valence-electron chi connectivity index (χ2n) is 4.18. The first-order valence-electron chi connectivity index (χ1n) is 5.84. The predicted molar refractivity (Wildman–Crippen MR) is 76.7 cm³/mol. The molecule has 0 aliphatic heterocycles. The van der Waals surface area contributed by atoms with E-state index in [1.54, 1.807) is 0 Å². The molecule has 0 fully saturated rings. The number of carboxylic acid groups (broad SMARTS) is 1. The van der Waals surface area contributed by atoms with Crippen LogP contribution >= 0.6 is 11.8 Å². The smallest absolute Gasteiger partial charge is 0.336 e. The van der Waals surface area contributed by atoms with Crippen LogP contribution in [-0.4, -0.2) is 55.4 Å². The summed E-state index contributed by atoms with van der Waals surface area (Å²) in [7, 11) is -0.877. The van der Waals surface area contributed by atoms with Gasteiger partial charge in [0.15, 0.2) is 0 Å². The summed E-state index contributed by atoms with van der Waals surface area (Å²) in [6, 6.07) is 4.05. The minimum Gasteiger partial charge on any atom is -0.478 e. The molecule has 8 heteroatoms. The van der Waals surface area contributed by atoms with Crippen molar-refractivity contribution in [1.82, 2.24) is 4.31 Å². The zero-order valence-corrected chi connectivity index (χ0v) is 12.9. The second kappa shape index (κ2) is 7.07. The molecule has 1 aromatic carbocycles. The molecule has 0 unspecified atom stereocenters. The zero-order chi connectivity index (χ0) is 15.3. The number of aliphatic hydroxyl groups excluding tert-OH is 1. The van der Waals surface area contributed by atoms with Crippen molar-refractivity contribution in [2.75, 3.05) is 26.5 Å². The lowest BCUT2D eigenvalue weighted by Crippen LogP contribution is -2.22. The lowest BCUT2D eigenvalue weighted by Gasteiger charge is -2.13. The summed E-state index contributed by atoms with van der Waals surface area (Å²) in [5.74, 6) is -0.608. The van der Waals surface area contributed by atoms with E-state index < -0.39 is 16.0 Å². The molecular formula is C12H17NO5S2. The molecule has 0 aliphatic carbocycles. The molecule has 0 atom stereocenters. The van der Waals surface area contributed by atoms with E-state index in [1.165, 1.54) is 44.1 Å². The Morgan fingerprint density at radius 2 is 2.00 bits per heavy atom. The van der Waals surface area contributed by atoms with Crippen LogP contribution in [0.5, 0.6) is 0 Å². The fourth-order valence-corrected chi connectivity index (χ4v) is 3.31. The van der Waals surface area contributed by atoms with Gasteiger partial charge in [0.1, 0.15) is 0 Å². The molecule has 0 bridgehead atoms. The number of hydrogen-bond acceptors (Lipinski definition) is 5. The molecule has 0 aromatic heterocycles. The van der Waals surface area contributed by atoms with Gasteiger partial charge in [-0.3, -0.25) is 0 Å². The van der Waals surface area contributed by atoms with E-state index in [0.29, 0.717) is 17.1 Å². The Hall–Kier alpha value is -1.09. The zero-order valence-electron chi connectivity index (χ0n) is 11.2. The highest BCUT2D eigenvalue weighted by atomic mass is 32.2. The minimum absolute atomic E-state index is 0.0303. The van der Waals surface area contributed by atoms with Crippen molar-refractivity contribution in [3.05, 3.63) is 23.8 Å². The van der Waals surface area contributed by atoms with Crippen LogP contribution in [0.1, 0.15) is 16.8 Å². The van der Waals surface area contributed by atoms with E-state index in [0.717, 1.165) is 4.31 Å². The summed E-state index contributed by atoms with van der Waals surface area (Å²) in [6.07, 6.45) is 0.543. The summed E-state index contributed by atoms with van der Waals surface area (Å²) >= 11 is 1.28. The van der Waals surface area contributed by atoms with Crippen molar-refractivity contribution >= 4 is 27.8 Å². The first-order chi connectivity index (χ1) is 9.30. The molecule has 0 amide bonds. The lowest BCUT2D eigenvalue weighted by atomic mass is 10.2. The third kappa shape index (κ3) is 3.95. The van der Waals surface area contributed by atoms with Gasteiger partial charge in [0.05, 0.1) is 10.5 Å². The first-order valence-corrected chi connectivity index (χ1v) is 8.26. The number of thioether (sulfide) groups is 1. The van der Waals surface area contributed by atoms with Crippen molar-refractivity contribution in [2.24, 2.45) is 0 Å². The number of rotatable bonds is 7. The van der Waals surface area contributed by atoms with Gasteiger partial charge in [-0.15, -0.1) is 11.8 Å². The molecule has 112 valence electrons. The Bertz CT molecular complexity index is 584. The summed E-state index contributed by atoms with van der Waals surface area (Å²) in [6.45, 7) is 0.0303. The number of aromatic carboxylic acids is 1. The van der Waals surface area contributed by atoms with E-state index in [2.05, 4.69) is 0 Å². The fraction of sp³-hybridized carbons (Fsp3) is 0.417. The fourth-order valence-electron chi connectivity index (χ4n) is 1.42. The molecule has 0 heterocycles. The third-order valence-corrected chi connectivity index (χ3v) is 5.49. The third-order valence-electron chi connectivity index (χ3n) is 2.52. The predicted octanol–water partition coefficient (Wildman–Crippen LogP) is 1.11. The summed E-state index contributed by atoms with van der Waals surface area (Å²) in [5.41, 5.74) is -0.0455. The van der Waals surface area contributed by atoms with Crippen LogP contribution in [0.3, 0.4) is 0 Å². The summed E-state index contributed by atoms with van der Waals surface area (Å²) in [5, 5.41) is 17.9. The van der Waals surface area contributed by atoms with Gasteiger partial charge in [-0.2, -0.15) is 0 Å². The van der Waals surface area contributed by atoms with Gasteiger partial charge in [-0.25, -0.2) is 17.5 Å². The number of benzene rings is 1. The minimum atomic E-state index is -3.65. The number of hydrogen-bond donors (Lipinski definition) is 2. The largest absolute Gasteiger partial charge is 0.478 e. The number of nitrogens with zero attached hydrogens (tertiary/aromatic N) is 1. The Labute approximate surface area is 122 Å². The van der Waals surface area contributed by atoms with E-state index in [-0.39, 0.29) is 17.1 Å². The van der Waals surface area contributed by atoms with Gasteiger partial charge in [0.25, 0.3) is 0 Å². The van der Waals surface area contributed by atoms with E-state index >= 15 is 0 Å². The van der Waals surface area contributed by atoms with Crippen LogP contribution in [0.4, 0.5) is 0 Å². The van der Waals surface area contributed by atoms with Gasteiger partial charge < -0.3 is 10.2 Å². The summed E-state index contributed by atoms with van der Waals surface area (Å²) < 4.78 is 25.0. The normalized spacial score (nSPS) is 11.8. The molecular weight excluding hydrogens is 302 g/mol. The monoisotopic (exact) mass is 319 g/mol. The van der Waals surface area contributed by atoms with E-state index in [9.17, 15) is 18.3 Å². The van der Waals surface area contributed by atoms with Crippen LogP contribution < -0.4 is 0 Å². The molecule has 0 radical (unpaired) electrons.